The first-order chi connectivity index (χ1) is 6.67. The lowest BCUT2D eigenvalue weighted by atomic mass is 9.94. The quantitative estimate of drug-likeness (QED) is 0.717. The number of anilines is 1. The molecule has 1 saturated heterocycles. The topological polar surface area (TPSA) is 49.2 Å². The molecule has 0 atom stereocenters. The molecule has 1 fully saturated rings. The Morgan fingerprint density at radius 2 is 2.07 bits per heavy atom. The predicted octanol–water partition coefficient (Wildman–Crippen LogP) is 0.828. The van der Waals surface area contributed by atoms with E-state index >= 15 is 0 Å². The van der Waals surface area contributed by atoms with E-state index in [0.717, 1.165) is 31.7 Å². The molecule has 1 aromatic rings. The normalized spacial score (nSPS) is 20.9. The van der Waals surface area contributed by atoms with Gasteiger partial charge in [-0.25, -0.2) is 4.98 Å². The number of nitrogens with zero attached hydrogens (tertiary/aromatic N) is 3. The second-order valence-electron chi connectivity index (χ2n) is 4.05. The van der Waals surface area contributed by atoms with Crippen LogP contribution in [0.3, 0.4) is 0 Å². The molecule has 1 aliphatic rings. The van der Waals surface area contributed by atoms with Gasteiger partial charge in [0.2, 0.25) is 0 Å². The van der Waals surface area contributed by atoms with Crippen LogP contribution in [0.5, 0.6) is 0 Å². The second-order valence-corrected chi connectivity index (χ2v) is 4.05. The number of aromatic nitrogens is 2. The lowest BCUT2D eigenvalue weighted by Gasteiger charge is -2.36. The van der Waals surface area contributed by atoms with E-state index in [1.807, 2.05) is 6.92 Å². The van der Waals surface area contributed by atoms with Crippen molar-refractivity contribution in [1.82, 2.24) is 9.97 Å². The highest BCUT2D eigenvalue weighted by atomic mass is 16.3. The minimum Gasteiger partial charge on any atom is -0.390 e. The van der Waals surface area contributed by atoms with Crippen molar-refractivity contribution in [2.24, 2.45) is 0 Å². The summed E-state index contributed by atoms with van der Waals surface area (Å²) in [4.78, 5) is 10.4. The third kappa shape index (κ3) is 2.01. The third-order valence-corrected chi connectivity index (χ3v) is 2.71. The van der Waals surface area contributed by atoms with Gasteiger partial charge in [0.05, 0.1) is 11.8 Å². The molecule has 0 unspecified atom stereocenters. The van der Waals surface area contributed by atoms with Gasteiger partial charge in [-0.15, -0.1) is 0 Å². The van der Waals surface area contributed by atoms with Gasteiger partial charge in [-0.2, -0.15) is 0 Å². The fourth-order valence-corrected chi connectivity index (χ4v) is 1.67. The number of piperidine rings is 1. The zero-order valence-electron chi connectivity index (χ0n) is 8.35. The summed E-state index contributed by atoms with van der Waals surface area (Å²) in [7, 11) is 0. The Morgan fingerprint density at radius 3 is 2.64 bits per heavy atom. The van der Waals surface area contributed by atoms with Crippen LogP contribution in [-0.2, 0) is 0 Å². The second kappa shape index (κ2) is 3.53. The van der Waals surface area contributed by atoms with Gasteiger partial charge >= 0.3 is 0 Å². The molecule has 0 radical (unpaired) electrons. The molecular weight excluding hydrogens is 178 g/mol. The smallest absolute Gasteiger partial charge is 0.147 e. The van der Waals surface area contributed by atoms with E-state index in [-0.39, 0.29) is 0 Å². The number of hydrogen-bond donors (Lipinski definition) is 1. The highest BCUT2D eigenvalue weighted by Gasteiger charge is 2.27. The summed E-state index contributed by atoms with van der Waals surface area (Å²) < 4.78 is 0. The molecule has 0 aromatic carbocycles. The Balaban J connectivity index is 2.03. The van der Waals surface area contributed by atoms with Crippen LogP contribution in [0.25, 0.3) is 0 Å². The van der Waals surface area contributed by atoms with Gasteiger partial charge in [0, 0.05) is 25.5 Å². The van der Waals surface area contributed by atoms with E-state index in [4.69, 9.17) is 0 Å². The average molecular weight is 193 g/mol. The fourth-order valence-electron chi connectivity index (χ4n) is 1.67. The first kappa shape index (κ1) is 9.40. The van der Waals surface area contributed by atoms with Crippen LogP contribution in [0.15, 0.2) is 18.6 Å². The Kier molecular flexibility index (Phi) is 2.37. The van der Waals surface area contributed by atoms with Crippen molar-refractivity contribution < 1.29 is 5.11 Å². The van der Waals surface area contributed by atoms with Crippen molar-refractivity contribution in [3.63, 3.8) is 0 Å². The molecule has 0 bridgehead atoms. The van der Waals surface area contributed by atoms with Gasteiger partial charge in [-0.3, -0.25) is 4.98 Å². The van der Waals surface area contributed by atoms with Crippen molar-refractivity contribution in [1.29, 1.82) is 0 Å². The zero-order valence-corrected chi connectivity index (χ0v) is 8.35. The molecule has 14 heavy (non-hydrogen) atoms. The lowest BCUT2D eigenvalue weighted by molar-refractivity contribution is 0.0350. The predicted molar refractivity (Wildman–Crippen MR) is 54.1 cm³/mol. The maximum absolute atomic E-state index is 9.78. The first-order valence-electron chi connectivity index (χ1n) is 4.91. The van der Waals surface area contributed by atoms with E-state index in [1.54, 1.807) is 18.6 Å². The summed E-state index contributed by atoms with van der Waals surface area (Å²) in [6, 6.07) is 0. The molecule has 1 aliphatic heterocycles. The summed E-state index contributed by atoms with van der Waals surface area (Å²) in [6.45, 7) is 3.60. The average Bonchev–Trinajstić information content (AvgIpc) is 2.19. The molecule has 1 aromatic heterocycles. The number of aliphatic hydroxyl groups is 1. The van der Waals surface area contributed by atoms with Crippen molar-refractivity contribution in [3.05, 3.63) is 18.6 Å². The van der Waals surface area contributed by atoms with E-state index in [1.165, 1.54) is 0 Å². The molecule has 0 aliphatic carbocycles. The van der Waals surface area contributed by atoms with Gasteiger partial charge in [0.15, 0.2) is 0 Å². The minimum absolute atomic E-state index is 0.501. The van der Waals surface area contributed by atoms with Crippen molar-refractivity contribution in [2.45, 2.75) is 25.4 Å². The highest BCUT2D eigenvalue weighted by molar-refractivity contribution is 5.35. The zero-order chi connectivity index (χ0) is 10.0. The van der Waals surface area contributed by atoms with Crippen LogP contribution in [0, 0.1) is 0 Å². The van der Waals surface area contributed by atoms with Crippen LogP contribution in [0.1, 0.15) is 19.8 Å². The maximum Gasteiger partial charge on any atom is 0.147 e. The molecule has 4 nitrogen and oxygen atoms in total. The summed E-state index contributed by atoms with van der Waals surface area (Å²) in [5, 5.41) is 9.78. The monoisotopic (exact) mass is 193 g/mol. The van der Waals surface area contributed by atoms with Crippen molar-refractivity contribution in [3.8, 4) is 0 Å². The Morgan fingerprint density at radius 1 is 1.36 bits per heavy atom. The molecular formula is C10H15N3O. The van der Waals surface area contributed by atoms with E-state index in [0.29, 0.717) is 0 Å². The van der Waals surface area contributed by atoms with Crippen LogP contribution in [0.4, 0.5) is 5.82 Å². The molecule has 2 rings (SSSR count). The summed E-state index contributed by atoms with van der Waals surface area (Å²) >= 11 is 0. The van der Waals surface area contributed by atoms with Gasteiger partial charge < -0.3 is 10.0 Å². The third-order valence-electron chi connectivity index (χ3n) is 2.71. The fraction of sp³-hybridized carbons (Fsp3) is 0.600. The van der Waals surface area contributed by atoms with E-state index < -0.39 is 5.60 Å². The SMILES string of the molecule is CC1(O)CCN(c2cnccn2)CC1. The molecule has 0 amide bonds. The number of hydrogen-bond acceptors (Lipinski definition) is 4. The van der Waals surface area contributed by atoms with Gasteiger partial charge in [-0.1, -0.05) is 0 Å². The van der Waals surface area contributed by atoms with E-state index in [2.05, 4.69) is 14.9 Å². The van der Waals surface area contributed by atoms with Gasteiger partial charge in [0.1, 0.15) is 5.82 Å². The largest absolute Gasteiger partial charge is 0.390 e. The Labute approximate surface area is 83.6 Å². The van der Waals surface area contributed by atoms with E-state index in [9.17, 15) is 5.11 Å². The molecule has 0 saturated carbocycles. The molecule has 76 valence electrons. The first-order valence-corrected chi connectivity index (χ1v) is 4.91. The number of rotatable bonds is 1. The highest BCUT2D eigenvalue weighted by Crippen LogP contribution is 2.23. The Bertz CT molecular complexity index is 289. The molecule has 4 heteroatoms. The van der Waals surface area contributed by atoms with Gasteiger partial charge in [-0.05, 0) is 19.8 Å². The van der Waals surface area contributed by atoms with Crippen LogP contribution in [0.2, 0.25) is 0 Å². The van der Waals surface area contributed by atoms with Crippen LogP contribution in [-0.4, -0.2) is 33.8 Å². The van der Waals surface area contributed by atoms with Crippen molar-refractivity contribution >= 4 is 5.82 Å². The maximum atomic E-state index is 9.78. The summed E-state index contributed by atoms with van der Waals surface area (Å²) in [6.07, 6.45) is 6.72. The molecule has 2 heterocycles. The standard InChI is InChI=1S/C10H15N3O/c1-10(14)2-6-13(7-3-10)9-8-11-4-5-12-9/h4-5,8,14H,2-3,6-7H2,1H3. The van der Waals surface area contributed by atoms with Crippen LogP contribution >= 0.6 is 0 Å². The van der Waals surface area contributed by atoms with Crippen LogP contribution < -0.4 is 4.90 Å². The molecule has 1 N–H and O–H groups in total. The summed E-state index contributed by atoms with van der Waals surface area (Å²) in [5.74, 6) is 0.906. The van der Waals surface area contributed by atoms with Crippen molar-refractivity contribution in [2.75, 3.05) is 18.0 Å². The molecule has 0 spiro atoms. The van der Waals surface area contributed by atoms with Gasteiger partial charge in [0.25, 0.3) is 0 Å². The Hall–Kier alpha value is -1.16. The minimum atomic E-state index is -0.501. The summed E-state index contributed by atoms with van der Waals surface area (Å²) in [5.41, 5.74) is -0.501. The lowest BCUT2D eigenvalue weighted by Crippen LogP contribution is -2.42.